The predicted octanol–water partition coefficient (Wildman–Crippen LogP) is 3.13. The molecule has 0 aliphatic heterocycles. The van der Waals surface area contributed by atoms with Crippen molar-refractivity contribution >= 4 is 11.6 Å². The van der Waals surface area contributed by atoms with Crippen molar-refractivity contribution in [3.8, 4) is 16.9 Å². The molecule has 0 aliphatic carbocycles. The molecule has 0 spiro atoms. The van der Waals surface area contributed by atoms with Crippen molar-refractivity contribution < 1.29 is 9.72 Å². The van der Waals surface area contributed by atoms with Gasteiger partial charge in [-0.1, -0.05) is 18.2 Å². The first-order valence-corrected chi connectivity index (χ1v) is 8.24. The van der Waals surface area contributed by atoms with Crippen LogP contribution in [-0.4, -0.2) is 27.2 Å². The Morgan fingerprint density at radius 3 is 2.46 bits per heavy atom. The van der Waals surface area contributed by atoms with Crippen LogP contribution in [0.5, 0.6) is 0 Å². The third-order valence-electron chi connectivity index (χ3n) is 3.89. The lowest BCUT2D eigenvalue weighted by Crippen LogP contribution is -2.24. The van der Waals surface area contributed by atoms with Gasteiger partial charge in [0.25, 0.3) is 5.69 Å². The van der Waals surface area contributed by atoms with Crippen LogP contribution in [0.1, 0.15) is 12.5 Å². The molecule has 26 heavy (non-hydrogen) atoms. The van der Waals surface area contributed by atoms with Gasteiger partial charge in [-0.25, -0.2) is 4.68 Å². The first kappa shape index (κ1) is 17.3. The quantitative estimate of drug-likeness (QED) is 0.546. The molecule has 7 nitrogen and oxygen atoms in total. The van der Waals surface area contributed by atoms with E-state index in [-0.39, 0.29) is 18.0 Å². The van der Waals surface area contributed by atoms with E-state index in [1.165, 1.54) is 12.1 Å². The fraction of sp³-hybridized carbons (Fsp3) is 0.158. The third kappa shape index (κ3) is 3.77. The maximum absolute atomic E-state index is 12.0. The lowest BCUT2D eigenvalue weighted by Gasteiger charge is -2.03. The fourth-order valence-electron chi connectivity index (χ4n) is 2.67. The molecule has 2 aromatic carbocycles. The molecule has 7 heteroatoms. The Balaban J connectivity index is 2.02. The highest BCUT2D eigenvalue weighted by atomic mass is 16.6. The number of benzene rings is 2. The first-order valence-electron chi connectivity index (χ1n) is 8.24. The summed E-state index contributed by atoms with van der Waals surface area (Å²) in [4.78, 5) is 22.5. The molecule has 1 heterocycles. The Labute approximate surface area is 150 Å². The molecule has 3 rings (SSSR count). The second-order valence-electron chi connectivity index (χ2n) is 5.72. The molecule has 1 amide bonds. The SMILES string of the molecule is CCNC(=O)Cc1cn(-c2ccccc2)nc1-c1ccc([N+](=O)[O-])cc1. The van der Waals surface area contributed by atoms with Crippen molar-refractivity contribution in [2.45, 2.75) is 13.3 Å². The largest absolute Gasteiger partial charge is 0.356 e. The van der Waals surface area contributed by atoms with E-state index in [1.807, 2.05) is 43.5 Å². The Morgan fingerprint density at radius 2 is 1.85 bits per heavy atom. The van der Waals surface area contributed by atoms with Crippen LogP contribution >= 0.6 is 0 Å². The van der Waals surface area contributed by atoms with E-state index in [0.29, 0.717) is 12.2 Å². The number of rotatable bonds is 6. The van der Waals surface area contributed by atoms with Crippen LogP contribution in [0.3, 0.4) is 0 Å². The molecule has 1 aromatic heterocycles. The van der Waals surface area contributed by atoms with E-state index >= 15 is 0 Å². The molecule has 0 bridgehead atoms. The maximum Gasteiger partial charge on any atom is 0.269 e. The number of hydrogen-bond acceptors (Lipinski definition) is 4. The number of nitro groups is 1. The van der Waals surface area contributed by atoms with Crippen molar-refractivity contribution in [3.05, 3.63) is 76.5 Å². The summed E-state index contributed by atoms with van der Waals surface area (Å²) in [6.07, 6.45) is 2.01. The maximum atomic E-state index is 12.0. The Kier molecular flexibility index (Phi) is 5.07. The van der Waals surface area contributed by atoms with Crippen molar-refractivity contribution in [3.63, 3.8) is 0 Å². The van der Waals surface area contributed by atoms with E-state index in [9.17, 15) is 14.9 Å². The smallest absolute Gasteiger partial charge is 0.269 e. The summed E-state index contributed by atoms with van der Waals surface area (Å²) in [6.45, 7) is 2.42. The molecule has 0 atom stereocenters. The second-order valence-corrected chi connectivity index (χ2v) is 5.72. The van der Waals surface area contributed by atoms with Crippen LogP contribution in [0.15, 0.2) is 60.8 Å². The summed E-state index contributed by atoms with van der Waals surface area (Å²) in [6, 6.07) is 15.7. The highest BCUT2D eigenvalue weighted by molar-refractivity contribution is 5.81. The molecule has 0 radical (unpaired) electrons. The van der Waals surface area contributed by atoms with Gasteiger partial charge in [-0.2, -0.15) is 5.10 Å². The highest BCUT2D eigenvalue weighted by Gasteiger charge is 2.16. The van der Waals surface area contributed by atoms with Gasteiger partial charge in [-0.05, 0) is 31.2 Å². The second kappa shape index (κ2) is 7.60. The number of carbonyl (C=O) groups is 1. The zero-order chi connectivity index (χ0) is 18.5. The fourth-order valence-corrected chi connectivity index (χ4v) is 2.67. The highest BCUT2D eigenvalue weighted by Crippen LogP contribution is 2.26. The molecule has 3 aromatic rings. The van der Waals surface area contributed by atoms with Crippen molar-refractivity contribution in [1.82, 2.24) is 15.1 Å². The molecule has 132 valence electrons. The number of carbonyl (C=O) groups excluding carboxylic acids is 1. The van der Waals surface area contributed by atoms with Gasteiger partial charge >= 0.3 is 0 Å². The Bertz CT molecular complexity index is 918. The van der Waals surface area contributed by atoms with E-state index in [1.54, 1.807) is 16.8 Å². The number of nitro benzene ring substituents is 1. The first-order chi connectivity index (χ1) is 12.6. The van der Waals surface area contributed by atoms with E-state index in [4.69, 9.17) is 0 Å². The summed E-state index contributed by atoms with van der Waals surface area (Å²) in [5.41, 5.74) is 3.01. The number of nitrogens with one attached hydrogen (secondary N) is 1. The van der Waals surface area contributed by atoms with Gasteiger partial charge in [0.15, 0.2) is 0 Å². The monoisotopic (exact) mass is 350 g/mol. The minimum absolute atomic E-state index is 0.0153. The number of aromatic nitrogens is 2. The van der Waals surface area contributed by atoms with Gasteiger partial charge < -0.3 is 5.32 Å². The zero-order valence-electron chi connectivity index (χ0n) is 14.3. The van der Waals surface area contributed by atoms with E-state index < -0.39 is 4.92 Å². The Morgan fingerprint density at radius 1 is 1.15 bits per heavy atom. The summed E-state index contributed by atoms with van der Waals surface area (Å²) in [7, 11) is 0. The van der Waals surface area contributed by atoms with Crippen LogP contribution in [0.25, 0.3) is 16.9 Å². The summed E-state index contributed by atoms with van der Waals surface area (Å²) in [5.74, 6) is -0.0942. The third-order valence-corrected chi connectivity index (χ3v) is 3.89. The van der Waals surface area contributed by atoms with Crippen molar-refractivity contribution in [1.29, 1.82) is 0 Å². The van der Waals surface area contributed by atoms with Gasteiger partial charge in [0, 0.05) is 36.0 Å². The van der Waals surface area contributed by atoms with E-state index in [0.717, 1.165) is 16.8 Å². The van der Waals surface area contributed by atoms with Crippen LogP contribution in [0.4, 0.5) is 5.69 Å². The van der Waals surface area contributed by atoms with E-state index in [2.05, 4.69) is 10.4 Å². The van der Waals surface area contributed by atoms with Gasteiger partial charge in [-0.3, -0.25) is 14.9 Å². The van der Waals surface area contributed by atoms with Crippen LogP contribution in [0.2, 0.25) is 0 Å². The lowest BCUT2D eigenvalue weighted by molar-refractivity contribution is -0.384. The molecular formula is C19H18N4O3. The summed E-state index contributed by atoms with van der Waals surface area (Å²) >= 11 is 0. The number of likely N-dealkylation sites (N-methyl/N-ethyl adjacent to an activating group) is 1. The average Bonchev–Trinajstić information content (AvgIpc) is 3.06. The number of nitrogens with zero attached hydrogens (tertiary/aromatic N) is 3. The molecule has 0 saturated heterocycles. The molecule has 0 aliphatic rings. The van der Waals surface area contributed by atoms with Gasteiger partial charge in [0.1, 0.15) is 0 Å². The topological polar surface area (TPSA) is 90.1 Å². The summed E-state index contributed by atoms with van der Waals surface area (Å²) in [5, 5.41) is 18.2. The Hall–Kier alpha value is -3.48. The number of hydrogen-bond donors (Lipinski definition) is 1. The number of amides is 1. The van der Waals surface area contributed by atoms with Crippen LogP contribution in [0, 0.1) is 10.1 Å². The van der Waals surface area contributed by atoms with Gasteiger partial charge in [0.05, 0.1) is 22.7 Å². The molecule has 0 fully saturated rings. The lowest BCUT2D eigenvalue weighted by atomic mass is 10.1. The molecular weight excluding hydrogens is 332 g/mol. The number of para-hydroxylation sites is 1. The average molecular weight is 350 g/mol. The van der Waals surface area contributed by atoms with Crippen molar-refractivity contribution in [2.75, 3.05) is 6.54 Å². The zero-order valence-corrected chi connectivity index (χ0v) is 14.3. The van der Waals surface area contributed by atoms with Crippen LogP contribution in [-0.2, 0) is 11.2 Å². The summed E-state index contributed by atoms with van der Waals surface area (Å²) < 4.78 is 1.71. The molecule has 0 saturated carbocycles. The van der Waals surface area contributed by atoms with Gasteiger partial charge in [0.2, 0.25) is 5.91 Å². The standard InChI is InChI=1S/C19H18N4O3/c1-2-20-18(24)12-15-13-22(16-6-4-3-5-7-16)21-19(15)14-8-10-17(11-9-14)23(25)26/h3-11,13H,2,12H2,1H3,(H,20,24). The number of non-ortho nitro benzene ring substituents is 1. The minimum Gasteiger partial charge on any atom is -0.356 e. The van der Waals surface area contributed by atoms with Gasteiger partial charge in [-0.15, -0.1) is 0 Å². The molecule has 1 N–H and O–H groups in total. The molecule has 0 unspecified atom stereocenters. The van der Waals surface area contributed by atoms with Crippen LogP contribution < -0.4 is 5.32 Å². The minimum atomic E-state index is -0.443. The van der Waals surface area contributed by atoms with Crippen molar-refractivity contribution in [2.24, 2.45) is 0 Å². The predicted molar refractivity (Wildman–Crippen MR) is 98.0 cm³/mol. The normalized spacial score (nSPS) is 10.5.